The van der Waals surface area contributed by atoms with Gasteiger partial charge in [-0.3, -0.25) is 4.79 Å². The summed E-state index contributed by atoms with van der Waals surface area (Å²) >= 11 is 0. The van der Waals surface area contributed by atoms with E-state index in [0.717, 1.165) is 17.5 Å². The van der Waals surface area contributed by atoms with Crippen molar-refractivity contribution >= 4 is 5.91 Å². The SMILES string of the molecule is COCc1cccc(CC(=O)N2C[C@H](OC)C[C@H]2COC)c1. The Morgan fingerprint density at radius 1 is 1.23 bits per heavy atom. The van der Waals surface area contributed by atoms with E-state index < -0.39 is 0 Å². The summed E-state index contributed by atoms with van der Waals surface area (Å²) in [4.78, 5) is 14.5. The molecule has 0 spiro atoms. The topological polar surface area (TPSA) is 48.0 Å². The maximum Gasteiger partial charge on any atom is 0.227 e. The van der Waals surface area contributed by atoms with Crippen LogP contribution in [0.2, 0.25) is 0 Å². The van der Waals surface area contributed by atoms with Crippen molar-refractivity contribution in [2.45, 2.75) is 31.6 Å². The van der Waals surface area contributed by atoms with Gasteiger partial charge >= 0.3 is 0 Å². The zero-order valence-electron chi connectivity index (χ0n) is 13.6. The molecule has 0 saturated carbocycles. The summed E-state index contributed by atoms with van der Waals surface area (Å²) in [6, 6.07) is 8.07. The summed E-state index contributed by atoms with van der Waals surface area (Å²) in [6.07, 6.45) is 1.33. The number of ether oxygens (including phenoxy) is 3. The summed E-state index contributed by atoms with van der Waals surface area (Å²) in [7, 11) is 5.02. The second kappa shape index (κ2) is 8.27. The predicted octanol–water partition coefficient (Wildman–Crippen LogP) is 1.64. The Morgan fingerprint density at radius 3 is 2.68 bits per heavy atom. The van der Waals surface area contributed by atoms with Crippen LogP contribution in [0.5, 0.6) is 0 Å². The Bertz CT molecular complexity index is 491. The molecule has 1 aromatic rings. The van der Waals surface area contributed by atoms with Crippen LogP contribution in [0.25, 0.3) is 0 Å². The molecule has 2 rings (SSSR count). The maximum absolute atomic E-state index is 12.6. The quantitative estimate of drug-likeness (QED) is 0.768. The molecular formula is C17H25NO4. The van der Waals surface area contributed by atoms with E-state index in [1.165, 1.54) is 0 Å². The van der Waals surface area contributed by atoms with E-state index in [2.05, 4.69) is 0 Å². The van der Waals surface area contributed by atoms with E-state index in [4.69, 9.17) is 14.2 Å². The third-order valence-corrected chi connectivity index (χ3v) is 4.05. The third-order valence-electron chi connectivity index (χ3n) is 4.05. The Morgan fingerprint density at radius 2 is 2.00 bits per heavy atom. The van der Waals surface area contributed by atoms with E-state index >= 15 is 0 Å². The average molecular weight is 307 g/mol. The Labute approximate surface area is 132 Å². The third kappa shape index (κ3) is 4.29. The van der Waals surface area contributed by atoms with E-state index in [9.17, 15) is 4.79 Å². The highest BCUT2D eigenvalue weighted by Gasteiger charge is 2.35. The van der Waals surface area contributed by atoms with Crippen LogP contribution >= 0.6 is 0 Å². The molecule has 0 aliphatic carbocycles. The lowest BCUT2D eigenvalue weighted by molar-refractivity contribution is -0.132. The highest BCUT2D eigenvalue weighted by molar-refractivity contribution is 5.79. The first-order valence-electron chi connectivity index (χ1n) is 7.55. The molecule has 1 aromatic carbocycles. The molecule has 2 atom stereocenters. The van der Waals surface area contributed by atoms with Crippen molar-refractivity contribution in [3.05, 3.63) is 35.4 Å². The molecule has 0 N–H and O–H groups in total. The minimum Gasteiger partial charge on any atom is -0.383 e. The molecule has 0 aromatic heterocycles. The fourth-order valence-corrected chi connectivity index (χ4v) is 2.97. The van der Waals surface area contributed by atoms with Crippen molar-refractivity contribution in [1.82, 2.24) is 4.90 Å². The van der Waals surface area contributed by atoms with Crippen molar-refractivity contribution < 1.29 is 19.0 Å². The molecule has 1 fully saturated rings. The van der Waals surface area contributed by atoms with Crippen LogP contribution in [0.15, 0.2) is 24.3 Å². The van der Waals surface area contributed by atoms with Crippen LogP contribution in [-0.4, -0.2) is 57.4 Å². The normalized spacial score (nSPS) is 21.3. The summed E-state index contributed by atoms with van der Waals surface area (Å²) in [6.45, 7) is 1.75. The molecule has 1 amide bonds. The minimum absolute atomic E-state index is 0.101. The average Bonchev–Trinajstić information content (AvgIpc) is 2.92. The van der Waals surface area contributed by atoms with E-state index in [1.807, 2.05) is 29.2 Å². The van der Waals surface area contributed by atoms with Crippen LogP contribution < -0.4 is 0 Å². The van der Waals surface area contributed by atoms with Gasteiger partial charge in [0.2, 0.25) is 5.91 Å². The lowest BCUT2D eigenvalue weighted by atomic mass is 10.1. The molecule has 1 heterocycles. The molecule has 5 nitrogen and oxygen atoms in total. The lowest BCUT2D eigenvalue weighted by Gasteiger charge is -2.24. The molecular weight excluding hydrogens is 282 g/mol. The monoisotopic (exact) mass is 307 g/mol. The number of benzene rings is 1. The minimum atomic E-state index is 0.101. The second-order valence-corrected chi connectivity index (χ2v) is 5.68. The van der Waals surface area contributed by atoms with Gasteiger partial charge in [0.25, 0.3) is 0 Å². The molecule has 0 radical (unpaired) electrons. The summed E-state index contributed by atoms with van der Waals surface area (Å²) in [5, 5.41) is 0. The number of methoxy groups -OCH3 is 3. The fraction of sp³-hybridized carbons (Fsp3) is 0.588. The molecule has 1 aliphatic heterocycles. The van der Waals surface area contributed by atoms with Crippen molar-refractivity contribution in [2.75, 3.05) is 34.5 Å². The van der Waals surface area contributed by atoms with E-state index in [0.29, 0.717) is 26.2 Å². The van der Waals surface area contributed by atoms with Crippen LogP contribution in [0, 0.1) is 0 Å². The van der Waals surface area contributed by atoms with Crippen LogP contribution in [0.3, 0.4) is 0 Å². The van der Waals surface area contributed by atoms with Gasteiger partial charge in [0.15, 0.2) is 0 Å². The Kier molecular flexibility index (Phi) is 6.36. The summed E-state index contributed by atoms with van der Waals surface area (Å²) in [5.74, 6) is 0.121. The molecule has 0 unspecified atom stereocenters. The van der Waals surface area contributed by atoms with Gasteiger partial charge < -0.3 is 19.1 Å². The molecule has 22 heavy (non-hydrogen) atoms. The summed E-state index contributed by atoms with van der Waals surface area (Å²) in [5.41, 5.74) is 2.09. The first-order chi connectivity index (χ1) is 10.7. The van der Waals surface area contributed by atoms with Gasteiger partial charge in [0.05, 0.1) is 31.8 Å². The van der Waals surface area contributed by atoms with Gasteiger partial charge in [-0.05, 0) is 17.5 Å². The van der Waals surface area contributed by atoms with Gasteiger partial charge in [0, 0.05) is 27.9 Å². The molecule has 122 valence electrons. The number of carbonyl (C=O) groups excluding carboxylic acids is 1. The second-order valence-electron chi connectivity index (χ2n) is 5.68. The van der Waals surface area contributed by atoms with Crippen molar-refractivity contribution in [1.29, 1.82) is 0 Å². The van der Waals surface area contributed by atoms with Gasteiger partial charge in [0.1, 0.15) is 0 Å². The molecule has 5 heteroatoms. The highest BCUT2D eigenvalue weighted by atomic mass is 16.5. The van der Waals surface area contributed by atoms with Gasteiger partial charge in [-0.2, -0.15) is 0 Å². The lowest BCUT2D eigenvalue weighted by Crippen LogP contribution is -2.39. The maximum atomic E-state index is 12.6. The largest absolute Gasteiger partial charge is 0.383 e. The predicted molar refractivity (Wildman–Crippen MR) is 83.7 cm³/mol. The van der Waals surface area contributed by atoms with Gasteiger partial charge in [-0.25, -0.2) is 0 Å². The zero-order valence-corrected chi connectivity index (χ0v) is 13.6. The van der Waals surface area contributed by atoms with Gasteiger partial charge in [-0.1, -0.05) is 24.3 Å². The van der Waals surface area contributed by atoms with E-state index in [1.54, 1.807) is 21.3 Å². The highest BCUT2D eigenvalue weighted by Crippen LogP contribution is 2.21. The first kappa shape index (κ1) is 16.9. The van der Waals surface area contributed by atoms with Crippen LogP contribution in [0.1, 0.15) is 17.5 Å². The van der Waals surface area contributed by atoms with E-state index in [-0.39, 0.29) is 18.1 Å². The fourth-order valence-electron chi connectivity index (χ4n) is 2.97. The summed E-state index contributed by atoms with van der Waals surface area (Å²) < 4.78 is 15.8. The van der Waals surface area contributed by atoms with Crippen molar-refractivity contribution in [3.8, 4) is 0 Å². The number of hydrogen-bond donors (Lipinski definition) is 0. The number of hydrogen-bond acceptors (Lipinski definition) is 4. The number of likely N-dealkylation sites (tertiary alicyclic amines) is 1. The van der Waals surface area contributed by atoms with Crippen molar-refractivity contribution in [3.63, 3.8) is 0 Å². The van der Waals surface area contributed by atoms with Crippen LogP contribution in [0.4, 0.5) is 0 Å². The number of rotatable bonds is 7. The van der Waals surface area contributed by atoms with Crippen LogP contribution in [-0.2, 0) is 32.0 Å². The smallest absolute Gasteiger partial charge is 0.227 e. The van der Waals surface area contributed by atoms with Gasteiger partial charge in [-0.15, -0.1) is 0 Å². The Hall–Kier alpha value is -1.43. The Balaban J connectivity index is 2.02. The number of nitrogens with zero attached hydrogens (tertiary/aromatic N) is 1. The zero-order chi connectivity index (χ0) is 15.9. The first-order valence-corrected chi connectivity index (χ1v) is 7.55. The number of amides is 1. The number of carbonyl (C=O) groups is 1. The molecule has 1 aliphatic rings. The van der Waals surface area contributed by atoms with Crippen molar-refractivity contribution in [2.24, 2.45) is 0 Å². The molecule has 0 bridgehead atoms. The standard InChI is InChI=1S/C17H25NO4/c1-20-11-14-6-4-5-13(7-14)8-17(19)18-10-16(22-3)9-15(18)12-21-2/h4-7,15-16H,8-12H2,1-3H3/t15-,16+/m0/s1. The molecule has 1 saturated heterocycles.